The predicted molar refractivity (Wildman–Crippen MR) is 146 cm³/mol. The summed E-state index contributed by atoms with van der Waals surface area (Å²) in [6.07, 6.45) is 18.6. The van der Waals surface area contributed by atoms with Crippen molar-refractivity contribution >= 4 is 5.97 Å². The van der Waals surface area contributed by atoms with Gasteiger partial charge in [-0.1, -0.05) is 24.3 Å². The largest absolute Gasteiger partial charge is 0.469 e. The number of carbonyl (C=O) groups excluding carboxylic acids is 1. The third kappa shape index (κ3) is 10.8. The molecule has 0 spiro atoms. The monoisotopic (exact) mass is 532 g/mol. The molecule has 1 N–H and O–H groups in total. The van der Waals surface area contributed by atoms with Gasteiger partial charge in [-0.25, -0.2) is 0 Å². The summed E-state index contributed by atoms with van der Waals surface area (Å²) in [5, 5.41) is 11.0. The molecule has 38 heavy (non-hydrogen) atoms. The van der Waals surface area contributed by atoms with Gasteiger partial charge in [-0.05, 0) is 77.0 Å². The molecule has 7 heteroatoms. The summed E-state index contributed by atoms with van der Waals surface area (Å²) in [5.41, 5.74) is 0. The van der Waals surface area contributed by atoms with Gasteiger partial charge in [-0.15, -0.1) is 11.8 Å². The van der Waals surface area contributed by atoms with Crippen molar-refractivity contribution < 1.29 is 33.6 Å². The summed E-state index contributed by atoms with van der Waals surface area (Å²) < 4.78 is 29.2. The molecule has 2 unspecified atom stereocenters. The summed E-state index contributed by atoms with van der Waals surface area (Å²) in [7, 11) is 1.42. The number of allylic oxidation sites excluding steroid dienone is 2. The zero-order valence-electron chi connectivity index (χ0n) is 23.4. The van der Waals surface area contributed by atoms with Gasteiger partial charge in [-0.2, -0.15) is 0 Å². The molecular weight excluding hydrogens is 484 g/mol. The maximum absolute atomic E-state index is 11.3. The van der Waals surface area contributed by atoms with Gasteiger partial charge >= 0.3 is 5.97 Å². The number of ether oxygens (including phenoxy) is 5. The second-order valence-corrected chi connectivity index (χ2v) is 10.5. The SMILES string of the molecule is CC#CCC[C@@H](/C=C/[C@@H]1[C@@H](C/C=C\CCCC(=O)OC)[C@@H](O)C[C@H]1OC1CCCCO1)OC1CCCCO1. The zero-order valence-corrected chi connectivity index (χ0v) is 23.4. The normalized spacial score (nSPS) is 30.8. The topological polar surface area (TPSA) is 83.5 Å². The average Bonchev–Trinajstić information content (AvgIpc) is 3.23. The van der Waals surface area contributed by atoms with E-state index >= 15 is 0 Å². The maximum Gasteiger partial charge on any atom is 0.305 e. The van der Waals surface area contributed by atoms with E-state index < -0.39 is 6.10 Å². The smallest absolute Gasteiger partial charge is 0.305 e. The minimum atomic E-state index is -0.454. The zero-order chi connectivity index (χ0) is 27.0. The number of esters is 1. The Morgan fingerprint density at radius 1 is 1.11 bits per heavy atom. The summed E-state index contributed by atoms with van der Waals surface area (Å²) in [6, 6.07) is 0. The van der Waals surface area contributed by atoms with Crippen molar-refractivity contribution in [1.29, 1.82) is 0 Å². The average molecular weight is 533 g/mol. The number of carbonyl (C=O) groups is 1. The molecule has 0 aromatic heterocycles. The molecule has 3 rings (SSSR count). The highest BCUT2D eigenvalue weighted by atomic mass is 16.7. The van der Waals surface area contributed by atoms with Crippen LogP contribution in [0.4, 0.5) is 0 Å². The maximum atomic E-state index is 11.3. The number of hydrogen-bond acceptors (Lipinski definition) is 7. The Hall–Kier alpha value is -1.69. The lowest BCUT2D eigenvalue weighted by Gasteiger charge is -2.29. The van der Waals surface area contributed by atoms with Crippen LogP contribution in [0, 0.1) is 23.7 Å². The van der Waals surface area contributed by atoms with Crippen LogP contribution in [-0.4, -0.2) is 62.3 Å². The summed E-state index contributed by atoms with van der Waals surface area (Å²) >= 11 is 0. The molecule has 3 aliphatic rings. The van der Waals surface area contributed by atoms with Crippen LogP contribution in [0.3, 0.4) is 0 Å². The molecule has 7 atom stereocenters. The van der Waals surface area contributed by atoms with Gasteiger partial charge in [0.2, 0.25) is 0 Å². The highest BCUT2D eigenvalue weighted by Crippen LogP contribution is 2.39. The third-order valence-electron chi connectivity index (χ3n) is 7.65. The van der Waals surface area contributed by atoms with E-state index in [-0.39, 0.29) is 42.6 Å². The number of methoxy groups -OCH3 is 1. The van der Waals surface area contributed by atoms with Gasteiger partial charge in [0.15, 0.2) is 12.6 Å². The van der Waals surface area contributed by atoms with Gasteiger partial charge in [0.05, 0.1) is 25.4 Å². The Morgan fingerprint density at radius 3 is 2.55 bits per heavy atom. The Morgan fingerprint density at radius 2 is 1.87 bits per heavy atom. The minimum absolute atomic E-state index is 0.0405. The molecule has 7 nitrogen and oxygen atoms in total. The molecule has 3 fully saturated rings. The molecule has 2 aliphatic heterocycles. The summed E-state index contributed by atoms with van der Waals surface area (Å²) in [4.78, 5) is 11.3. The quantitative estimate of drug-likeness (QED) is 0.138. The number of unbranched alkanes of at least 4 members (excludes halogenated alkanes) is 1. The van der Waals surface area contributed by atoms with E-state index in [4.69, 9.17) is 23.7 Å². The van der Waals surface area contributed by atoms with Crippen molar-refractivity contribution in [2.75, 3.05) is 20.3 Å². The van der Waals surface area contributed by atoms with Crippen LogP contribution in [0.1, 0.15) is 90.4 Å². The molecule has 1 aliphatic carbocycles. The van der Waals surface area contributed by atoms with Crippen molar-refractivity contribution in [3.05, 3.63) is 24.3 Å². The van der Waals surface area contributed by atoms with Gasteiger partial charge < -0.3 is 28.8 Å². The second-order valence-electron chi connectivity index (χ2n) is 10.5. The van der Waals surface area contributed by atoms with Crippen LogP contribution in [0.2, 0.25) is 0 Å². The molecule has 2 heterocycles. The van der Waals surface area contributed by atoms with Gasteiger partial charge in [0, 0.05) is 38.4 Å². The van der Waals surface area contributed by atoms with Crippen molar-refractivity contribution in [3.63, 3.8) is 0 Å². The second kappa shape index (κ2) is 17.8. The lowest BCUT2D eigenvalue weighted by atomic mass is 9.89. The number of rotatable bonds is 14. The van der Waals surface area contributed by atoms with Crippen molar-refractivity contribution in [1.82, 2.24) is 0 Å². The first kappa shape index (κ1) is 30.8. The lowest BCUT2D eigenvalue weighted by Crippen LogP contribution is -2.31. The van der Waals surface area contributed by atoms with Crippen LogP contribution in [0.15, 0.2) is 24.3 Å². The van der Waals surface area contributed by atoms with Crippen LogP contribution >= 0.6 is 0 Å². The van der Waals surface area contributed by atoms with Crippen molar-refractivity contribution in [2.45, 2.75) is 121 Å². The van der Waals surface area contributed by atoms with E-state index in [1.165, 1.54) is 7.11 Å². The molecule has 0 radical (unpaired) electrons. The van der Waals surface area contributed by atoms with Gasteiger partial charge in [0.25, 0.3) is 0 Å². The number of aliphatic hydroxyl groups is 1. The standard InChI is InChI=1S/C31H48O7/c1-3-4-7-14-24(37-30-17-10-12-21-35-30)19-20-26-25(15-8-5-6-9-16-29(33)34-2)27(32)23-28(26)38-31-18-11-13-22-36-31/h5,8,19-20,24-28,30-32H,6-7,9-18,21-23H2,1-2H3/b8-5-,20-19+/t24-,25+,26+,27-,28+,30?,31?/m0/s1. The Bertz CT molecular complexity index is 786. The van der Waals surface area contributed by atoms with Crippen molar-refractivity contribution in [3.8, 4) is 11.8 Å². The molecule has 214 valence electrons. The van der Waals surface area contributed by atoms with Crippen LogP contribution in [0.5, 0.6) is 0 Å². The van der Waals surface area contributed by atoms with Crippen LogP contribution in [0.25, 0.3) is 0 Å². The summed E-state index contributed by atoms with van der Waals surface area (Å²) in [6.45, 7) is 3.34. The van der Waals surface area contributed by atoms with E-state index in [9.17, 15) is 9.90 Å². The van der Waals surface area contributed by atoms with E-state index in [2.05, 4.69) is 36.1 Å². The Balaban J connectivity index is 1.66. The Kier molecular flexibility index (Phi) is 14.5. The molecule has 0 aromatic rings. The van der Waals surface area contributed by atoms with E-state index in [1.807, 2.05) is 6.92 Å². The highest BCUT2D eigenvalue weighted by molar-refractivity contribution is 5.69. The van der Waals surface area contributed by atoms with Gasteiger partial charge in [-0.3, -0.25) is 4.79 Å². The predicted octanol–water partition coefficient (Wildman–Crippen LogP) is 5.46. The molecular formula is C31H48O7. The minimum Gasteiger partial charge on any atom is -0.469 e. The highest BCUT2D eigenvalue weighted by Gasteiger charge is 2.42. The van der Waals surface area contributed by atoms with E-state index in [1.54, 1.807) is 0 Å². The molecule has 0 aromatic carbocycles. The lowest BCUT2D eigenvalue weighted by molar-refractivity contribution is -0.193. The fourth-order valence-corrected chi connectivity index (χ4v) is 5.50. The first-order chi connectivity index (χ1) is 18.6. The molecule has 1 saturated carbocycles. The summed E-state index contributed by atoms with van der Waals surface area (Å²) in [5.74, 6) is 6.04. The third-order valence-corrected chi connectivity index (χ3v) is 7.65. The number of hydrogen-bond donors (Lipinski definition) is 1. The van der Waals surface area contributed by atoms with Crippen LogP contribution in [-0.2, 0) is 28.5 Å². The number of aliphatic hydroxyl groups excluding tert-OH is 1. The van der Waals surface area contributed by atoms with Crippen molar-refractivity contribution in [2.24, 2.45) is 11.8 Å². The molecule has 2 saturated heterocycles. The fourth-order valence-electron chi connectivity index (χ4n) is 5.50. The van der Waals surface area contributed by atoms with Crippen LogP contribution < -0.4 is 0 Å². The van der Waals surface area contributed by atoms with E-state index in [0.717, 1.165) is 83.8 Å². The molecule has 0 bridgehead atoms. The van der Waals surface area contributed by atoms with Gasteiger partial charge in [0.1, 0.15) is 0 Å². The first-order valence-electron chi connectivity index (χ1n) is 14.6. The Labute approximate surface area is 229 Å². The van der Waals surface area contributed by atoms with E-state index in [0.29, 0.717) is 12.8 Å². The first-order valence-corrected chi connectivity index (χ1v) is 14.6. The fraction of sp³-hybridized carbons (Fsp3) is 0.774. The molecule has 0 amide bonds.